The third-order valence-electron chi connectivity index (χ3n) is 3.84. The van der Waals surface area contributed by atoms with Crippen molar-refractivity contribution in [2.75, 3.05) is 19.0 Å². The van der Waals surface area contributed by atoms with E-state index in [1.165, 1.54) is 36.6 Å². The Kier molecular flexibility index (Phi) is 5.71. The van der Waals surface area contributed by atoms with E-state index in [1.807, 2.05) is 6.92 Å². The van der Waals surface area contributed by atoms with Crippen LogP contribution in [-0.2, 0) is 4.74 Å². The molecule has 0 aliphatic heterocycles. The predicted octanol–water partition coefficient (Wildman–Crippen LogP) is 4.87. The number of ether oxygens (including phenoxy) is 2. The molecule has 0 fully saturated rings. The van der Waals surface area contributed by atoms with Crippen LogP contribution in [0.25, 0.3) is 10.1 Å². The fourth-order valence-corrected chi connectivity index (χ4v) is 3.62. The molecule has 0 aliphatic rings. The number of anilines is 1. The van der Waals surface area contributed by atoms with Crippen molar-refractivity contribution in [2.45, 2.75) is 13.3 Å². The van der Waals surface area contributed by atoms with E-state index in [0.717, 1.165) is 11.1 Å². The molecule has 0 atom stereocenters. The molecule has 3 aromatic rings. The smallest absolute Gasteiger partial charge is 0.351 e. The molecule has 3 rings (SSSR count). The highest BCUT2D eigenvalue weighted by Crippen LogP contribution is 2.39. The quantitative estimate of drug-likeness (QED) is 0.613. The minimum atomic E-state index is -0.591. The van der Waals surface area contributed by atoms with Crippen molar-refractivity contribution in [1.82, 2.24) is 0 Å². The molecule has 0 bridgehead atoms. The summed E-state index contributed by atoms with van der Waals surface area (Å²) in [5, 5.41) is 3.38. The van der Waals surface area contributed by atoms with Gasteiger partial charge in [-0.3, -0.25) is 4.79 Å². The minimum absolute atomic E-state index is 0.0411. The second-order valence-electron chi connectivity index (χ2n) is 5.75. The van der Waals surface area contributed by atoms with Crippen molar-refractivity contribution < 1.29 is 23.5 Å². The van der Waals surface area contributed by atoms with E-state index >= 15 is 0 Å². The maximum atomic E-state index is 13.8. The largest absolute Gasteiger partial charge is 0.491 e. The highest BCUT2D eigenvalue weighted by atomic mass is 32.1. The van der Waals surface area contributed by atoms with Crippen molar-refractivity contribution in [1.29, 1.82) is 0 Å². The van der Waals surface area contributed by atoms with Crippen LogP contribution < -0.4 is 10.1 Å². The number of esters is 1. The Morgan fingerprint density at radius 3 is 2.67 bits per heavy atom. The van der Waals surface area contributed by atoms with Gasteiger partial charge in [0.05, 0.1) is 19.3 Å². The summed E-state index contributed by atoms with van der Waals surface area (Å²) in [7, 11) is 1.32. The Balaban J connectivity index is 1.97. The van der Waals surface area contributed by atoms with Crippen LogP contribution in [0, 0.1) is 5.82 Å². The Morgan fingerprint density at radius 1 is 1.19 bits per heavy atom. The van der Waals surface area contributed by atoms with Gasteiger partial charge in [-0.25, -0.2) is 9.18 Å². The highest BCUT2D eigenvalue weighted by molar-refractivity contribution is 7.21. The Bertz CT molecular complexity index is 999. The first kappa shape index (κ1) is 18.8. The van der Waals surface area contributed by atoms with E-state index in [1.54, 1.807) is 24.3 Å². The second kappa shape index (κ2) is 8.18. The summed E-state index contributed by atoms with van der Waals surface area (Å²) in [6.07, 6.45) is 0.779. The van der Waals surface area contributed by atoms with E-state index in [0.29, 0.717) is 28.3 Å². The molecule has 5 nitrogen and oxygen atoms in total. The number of rotatable bonds is 6. The predicted molar refractivity (Wildman–Crippen MR) is 103 cm³/mol. The normalized spacial score (nSPS) is 10.6. The molecule has 27 heavy (non-hydrogen) atoms. The number of carbonyl (C=O) groups is 2. The summed E-state index contributed by atoms with van der Waals surface area (Å²) in [4.78, 5) is 24.8. The number of thiophene rings is 1. The lowest BCUT2D eigenvalue weighted by Crippen LogP contribution is -2.13. The molecule has 1 N–H and O–H groups in total. The molecular weight excluding hydrogens is 369 g/mol. The van der Waals surface area contributed by atoms with Crippen LogP contribution in [0.3, 0.4) is 0 Å². The first-order chi connectivity index (χ1) is 13.0. The van der Waals surface area contributed by atoms with Gasteiger partial charge in [-0.15, -0.1) is 11.3 Å². The molecule has 1 aromatic heterocycles. The molecule has 0 aliphatic carbocycles. The van der Waals surface area contributed by atoms with Gasteiger partial charge in [0.2, 0.25) is 0 Å². The maximum absolute atomic E-state index is 13.8. The lowest BCUT2D eigenvalue weighted by atomic mass is 10.1. The standard InChI is InChI=1S/C20H18FNO4S/c1-3-10-26-17-14-11-12(8-9-16(14)27-18(17)20(24)25-2)22-19(23)13-6-4-5-7-15(13)21/h4-9,11H,3,10H2,1-2H3,(H,22,23). The lowest BCUT2D eigenvalue weighted by molar-refractivity contribution is 0.0602. The van der Waals surface area contributed by atoms with E-state index in [9.17, 15) is 14.0 Å². The first-order valence-electron chi connectivity index (χ1n) is 8.38. The number of halogens is 1. The van der Waals surface area contributed by atoms with Crippen LogP contribution in [0.5, 0.6) is 5.75 Å². The van der Waals surface area contributed by atoms with Gasteiger partial charge in [-0.05, 0) is 36.8 Å². The zero-order valence-electron chi connectivity index (χ0n) is 14.9. The van der Waals surface area contributed by atoms with Crippen molar-refractivity contribution in [2.24, 2.45) is 0 Å². The molecule has 2 aromatic carbocycles. The average Bonchev–Trinajstić information content (AvgIpc) is 3.03. The van der Waals surface area contributed by atoms with Crippen LogP contribution in [0.15, 0.2) is 42.5 Å². The van der Waals surface area contributed by atoms with Crippen molar-refractivity contribution in [3.05, 3.63) is 58.7 Å². The van der Waals surface area contributed by atoms with Crippen LogP contribution in [0.1, 0.15) is 33.4 Å². The molecule has 1 heterocycles. The van der Waals surface area contributed by atoms with E-state index in [-0.39, 0.29) is 5.56 Å². The van der Waals surface area contributed by atoms with Gasteiger partial charge in [0.15, 0.2) is 10.6 Å². The first-order valence-corrected chi connectivity index (χ1v) is 9.20. The minimum Gasteiger partial charge on any atom is -0.491 e. The van der Waals surface area contributed by atoms with Gasteiger partial charge < -0.3 is 14.8 Å². The van der Waals surface area contributed by atoms with Crippen LogP contribution in [-0.4, -0.2) is 25.6 Å². The van der Waals surface area contributed by atoms with Crippen molar-refractivity contribution >= 4 is 39.0 Å². The summed E-state index contributed by atoms with van der Waals surface area (Å²) in [5.74, 6) is -1.18. The SMILES string of the molecule is CCCOc1c(C(=O)OC)sc2ccc(NC(=O)c3ccccc3F)cc12. The Labute approximate surface area is 159 Å². The number of methoxy groups -OCH3 is 1. The monoisotopic (exact) mass is 387 g/mol. The van der Waals surface area contributed by atoms with Gasteiger partial charge in [0, 0.05) is 15.8 Å². The number of benzene rings is 2. The molecule has 7 heteroatoms. The summed E-state index contributed by atoms with van der Waals surface area (Å²) in [6, 6.07) is 11.0. The summed E-state index contributed by atoms with van der Waals surface area (Å²) in [5.41, 5.74) is 0.437. The summed E-state index contributed by atoms with van der Waals surface area (Å²) in [6.45, 7) is 2.41. The molecular formula is C20H18FNO4S. The zero-order chi connectivity index (χ0) is 19.4. The molecule has 0 saturated carbocycles. The number of fused-ring (bicyclic) bond motifs is 1. The summed E-state index contributed by atoms with van der Waals surface area (Å²) >= 11 is 1.26. The van der Waals surface area contributed by atoms with Crippen LogP contribution in [0.2, 0.25) is 0 Å². The number of hydrogen-bond donors (Lipinski definition) is 1. The molecule has 0 spiro atoms. The number of carbonyl (C=O) groups excluding carboxylic acids is 2. The molecule has 1 amide bonds. The lowest BCUT2D eigenvalue weighted by Gasteiger charge is -2.08. The molecule has 140 valence electrons. The number of hydrogen-bond acceptors (Lipinski definition) is 5. The fraction of sp³-hybridized carbons (Fsp3) is 0.200. The van der Waals surface area contributed by atoms with Gasteiger partial charge in [-0.1, -0.05) is 19.1 Å². The van der Waals surface area contributed by atoms with E-state index in [2.05, 4.69) is 5.32 Å². The molecule has 0 saturated heterocycles. The third-order valence-corrected chi connectivity index (χ3v) is 4.97. The van der Waals surface area contributed by atoms with E-state index in [4.69, 9.17) is 9.47 Å². The maximum Gasteiger partial charge on any atom is 0.351 e. The number of nitrogens with one attached hydrogen (secondary N) is 1. The average molecular weight is 387 g/mol. The highest BCUT2D eigenvalue weighted by Gasteiger charge is 2.21. The summed E-state index contributed by atoms with van der Waals surface area (Å²) < 4.78 is 25.2. The fourth-order valence-electron chi connectivity index (χ4n) is 2.57. The van der Waals surface area contributed by atoms with Crippen molar-refractivity contribution in [3.63, 3.8) is 0 Å². The topological polar surface area (TPSA) is 64.6 Å². The Morgan fingerprint density at radius 2 is 1.96 bits per heavy atom. The van der Waals surface area contributed by atoms with Crippen LogP contribution >= 0.6 is 11.3 Å². The van der Waals surface area contributed by atoms with Crippen LogP contribution in [0.4, 0.5) is 10.1 Å². The van der Waals surface area contributed by atoms with Gasteiger partial charge in [0.1, 0.15) is 5.82 Å². The van der Waals surface area contributed by atoms with Gasteiger partial charge in [0.25, 0.3) is 5.91 Å². The zero-order valence-corrected chi connectivity index (χ0v) is 15.7. The van der Waals surface area contributed by atoms with Gasteiger partial charge in [-0.2, -0.15) is 0 Å². The van der Waals surface area contributed by atoms with E-state index < -0.39 is 17.7 Å². The number of amides is 1. The Hall–Kier alpha value is -2.93. The molecule has 0 unspecified atom stereocenters. The second-order valence-corrected chi connectivity index (χ2v) is 6.80. The van der Waals surface area contributed by atoms with Gasteiger partial charge >= 0.3 is 5.97 Å². The third kappa shape index (κ3) is 3.93. The molecule has 0 radical (unpaired) electrons. The van der Waals surface area contributed by atoms with Crippen molar-refractivity contribution in [3.8, 4) is 5.75 Å².